The molecule has 0 saturated heterocycles. The molecule has 44 heavy (non-hydrogen) atoms. The van der Waals surface area contributed by atoms with Gasteiger partial charge in [0.25, 0.3) is 0 Å². The number of carboxylic acids is 1. The van der Waals surface area contributed by atoms with E-state index in [9.17, 15) is 36.2 Å². The second-order valence-electron chi connectivity index (χ2n) is 10.2. The lowest BCUT2D eigenvalue weighted by molar-refractivity contribution is -0.286. The third-order valence-corrected chi connectivity index (χ3v) is 7.21. The summed E-state index contributed by atoms with van der Waals surface area (Å²) in [4.78, 5) is 11.7. The third-order valence-electron chi connectivity index (χ3n) is 7.21. The smallest absolute Gasteiger partial charge is 0.486 e. The van der Waals surface area contributed by atoms with Gasteiger partial charge < -0.3 is 24.1 Å². The fraction of sp³-hybridized carbons (Fsp3) is 0.267. The highest BCUT2D eigenvalue weighted by atomic mass is 19.4. The molecule has 14 heteroatoms. The van der Waals surface area contributed by atoms with Crippen molar-refractivity contribution in [2.45, 2.75) is 50.9 Å². The highest BCUT2D eigenvalue weighted by molar-refractivity contribution is 5.90. The van der Waals surface area contributed by atoms with Crippen LogP contribution in [0.4, 0.5) is 26.3 Å². The summed E-state index contributed by atoms with van der Waals surface area (Å²) in [7, 11) is 0. The van der Waals surface area contributed by atoms with Crippen LogP contribution >= 0.6 is 0 Å². The number of fused-ring (bicyclic) bond motifs is 2. The highest BCUT2D eigenvalue weighted by Gasteiger charge is 2.45. The van der Waals surface area contributed by atoms with Crippen molar-refractivity contribution in [3.05, 3.63) is 94.6 Å². The van der Waals surface area contributed by atoms with E-state index >= 15 is 0 Å². The maximum atomic E-state index is 14.8. The Morgan fingerprint density at radius 3 is 2.55 bits per heavy atom. The standard InChI is InChI=1S/C30H22F6N2O6/c1-15(20-13-24-25(14-21(20)31)44-30(35,36)43-24)41-17-7-4-6-16(12-17)38-26-19(27(37-38)29(32,33)34)9-5-11-23(26)42-22-10-3-2-8-18(22)28(39)40/h2-4,6-8,10,12-15,23H,5,9,11H2,1H3,(H,39,40)/t15-,23?/m1/s1. The Hall–Kier alpha value is -4.88. The molecule has 1 aliphatic heterocycles. The summed E-state index contributed by atoms with van der Waals surface area (Å²) >= 11 is 0. The quantitative estimate of drug-likeness (QED) is 0.212. The van der Waals surface area contributed by atoms with Crippen LogP contribution in [0, 0.1) is 5.82 Å². The zero-order valence-electron chi connectivity index (χ0n) is 22.7. The zero-order valence-corrected chi connectivity index (χ0v) is 22.7. The molecule has 0 saturated carbocycles. The molecule has 1 aromatic heterocycles. The number of nitrogens with zero attached hydrogens (tertiary/aromatic N) is 2. The van der Waals surface area contributed by atoms with Crippen molar-refractivity contribution in [1.29, 1.82) is 0 Å². The average Bonchev–Trinajstić information content (AvgIpc) is 3.50. The Morgan fingerprint density at radius 2 is 1.82 bits per heavy atom. The van der Waals surface area contributed by atoms with Gasteiger partial charge in [0.1, 0.15) is 35.1 Å². The Kier molecular flexibility index (Phi) is 7.09. The number of aromatic nitrogens is 2. The number of ether oxygens (including phenoxy) is 4. The van der Waals surface area contributed by atoms with Crippen LogP contribution in [0.1, 0.15) is 64.8 Å². The molecule has 2 atom stereocenters. The predicted molar refractivity (Wildman–Crippen MR) is 140 cm³/mol. The Labute approximate surface area is 245 Å². The SMILES string of the molecule is C[C@@H](Oc1cccc(-n2nc(C(F)(F)F)c3c2C(Oc2ccccc2C(=O)O)CCC3)c1)c1cc2c(cc1F)OC(F)(F)O2. The number of alkyl halides is 5. The highest BCUT2D eigenvalue weighted by Crippen LogP contribution is 2.45. The maximum absolute atomic E-state index is 14.8. The lowest BCUT2D eigenvalue weighted by atomic mass is 9.92. The summed E-state index contributed by atoms with van der Waals surface area (Å²) in [6.07, 6.45) is -10.0. The summed E-state index contributed by atoms with van der Waals surface area (Å²) in [6, 6.07) is 13.4. The lowest BCUT2D eigenvalue weighted by Gasteiger charge is -2.26. The molecule has 0 fully saturated rings. The Balaban J connectivity index is 1.35. The largest absolute Gasteiger partial charge is 0.586 e. The number of halogens is 6. The van der Waals surface area contributed by atoms with Gasteiger partial charge in [-0.05, 0) is 56.5 Å². The van der Waals surface area contributed by atoms with Gasteiger partial charge >= 0.3 is 18.4 Å². The van der Waals surface area contributed by atoms with Crippen LogP contribution in [-0.2, 0) is 12.6 Å². The van der Waals surface area contributed by atoms with Gasteiger partial charge in [-0.25, -0.2) is 13.9 Å². The van der Waals surface area contributed by atoms with E-state index in [2.05, 4.69) is 14.6 Å². The van der Waals surface area contributed by atoms with Crippen molar-refractivity contribution < 1.29 is 55.2 Å². The molecule has 0 bridgehead atoms. The first-order valence-corrected chi connectivity index (χ1v) is 13.3. The van der Waals surface area contributed by atoms with Crippen molar-refractivity contribution in [3.63, 3.8) is 0 Å². The lowest BCUT2D eigenvalue weighted by Crippen LogP contribution is -2.25. The number of carbonyl (C=O) groups is 1. The van der Waals surface area contributed by atoms with E-state index in [1.54, 1.807) is 6.07 Å². The van der Waals surface area contributed by atoms with Gasteiger partial charge in [-0.15, -0.1) is 8.78 Å². The normalized spacial score (nSPS) is 17.6. The molecule has 3 aromatic carbocycles. The van der Waals surface area contributed by atoms with E-state index in [1.165, 1.54) is 49.4 Å². The average molecular weight is 621 g/mol. The molecule has 1 unspecified atom stereocenters. The van der Waals surface area contributed by atoms with Crippen molar-refractivity contribution in [2.75, 3.05) is 0 Å². The van der Waals surface area contributed by atoms with Gasteiger partial charge in [0.05, 0.1) is 11.4 Å². The van der Waals surface area contributed by atoms with Crippen LogP contribution in [0.3, 0.4) is 0 Å². The van der Waals surface area contributed by atoms with E-state index in [4.69, 9.17) is 9.47 Å². The van der Waals surface area contributed by atoms with Crippen LogP contribution in [-0.4, -0.2) is 27.2 Å². The molecule has 0 radical (unpaired) electrons. The Morgan fingerprint density at radius 1 is 1.09 bits per heavy atom. The molecule has 6 rings (SSSR count). The minimum atomic E-state index is -4.79. The van der Waals surface area contributed by atoms with E-state index in [0.29, 0.717) is 12.8 Å². The van der Waals surface area contributed by atoms with Gasteiger partial charge in [0, 0.05) is 23.3 Å². The molecule has 1 aliphatic carbocycles. The molecule has 230 valence electrons. The second kappa shape index (κ2) is 10.7. The summed E-state index contributed by atoms with van der Waals surface area (Å²) < 4.78 is 106. The number of hydrogen-bond acceptors (Lipinski definition) is 6. The fourth-order valence-electron chi connectivity index (χ4n) is 5.34. The van der Waals surface area contributed by atoms with E-state index in [1.807, 2.05) is 0 Å². The first kappa shape index (κ1) is 29.2. The van der Waals surface area contributed by atoms with Crippen molar-refractivity contribution in [1.82, 2.24) is 9.78 Å². The first-order valence-electron chi connectivity index (χ1n) is 13.3. The second-order valence-corrected chi connectivity index (χ2v) is 10.2. The van der Waals surface area contributed by atoms with Crippen molar-refractivity contribution in [3.8, 4) is 28.7 Å². The van der Waals surface area contributed by atoms with Crippen LogP contribution in [0.2, 0.25) is 0 Å². The molecule has 8 nitrogen and oxygen atoms in total. The number of benzene rings is 3. The predicted octanol–water partition coefficient (Wildman–Crippen LogP) is 7.65. The molecule has 4 aromatic rings. The first-order chi connectivity index (χ1) is 20.8. The summed E-state index contributed by atoms with van der Waals surface area (Å²) in [6.45, 7) is 1.45. The molecule has 1 N–H and O–H groups in total. The van der Waals surface area contributed by atoms with Crippen LogP contribution in [0.15, 0.2) is 60.7 Å². The number of aromatic carboxylic acids is 1. The number of hydrogen-bond donors (Lipinski definition) is 1. The Bertz CT molecular complexity index is 1750. The van der Waals surface area contributed by atoms with Crippen molar-refractivity contribution >= 4 is 5.97 Å². The van der Waals surface area contributed by atoms with Crippen LogP contribution in [0.5, 0.6) is 23.0 Å². The molecular formula is C30H22F6N2O6. The summed E-state index contributed by atoms with van der Waals surface area (Å²) in [5.41, 5.74) is -1.17. The van der Waals surface area contributed by atoms with E-state index in [-0.39, 0.29) is 51.7 Å². The van der Waals surface area contributed by atoms with Gasteiger partial charge in [-0.2, -0.15) is 18.3 Å². The number of rotatable bonds is 7. The maximum Gasteiger partial charge on any atom is 0.586 e. The topological polar surface area (TPSA) is 92.0 Å². The fourth-order valence-corrected chi connectivity index (χ4v) is 5.34. The minimum absolute atomic E-state index is 0.00594. The summed E-state index contributed by atoms with van der Waals surface area (Å²) in [5.74, 6) is -2.90. The minimum Gasteiger partial charge on any atom is -0.486 e. The monoisotopic (exact) mass is 620 g/mol. The van der Waals surface area contributed by atoms with Gasteiger partial charge in [-0.1, -0.05) is 18.2 Å². The van der Waals surface area contributed by atoms with Crippen LogP contribution < -0.4 is 18.9 Å². The number of carboxylic acid groups (broad SMARTS) is 1. The molecular weight excluding hydrogens is 598 g/mol. The van der Waals surface area contributed by atoms with Gasteiger partial charge in [-0.3, -0.25) is 0 Å². The molecule has 2 aliphatic rings. The summed E-state index contributed by atoms with van der Waals surface area (Å²) in [5, 5.41) is 13.5. The third kappa shape index (κ3) is 5.47. The molecule has 0 spiro atoms. The molecule has 2 heterocycles. The van der Waals surface area contributed by atoms with Crippen LogP contribution in [0.25, 0.3) is 5.69 Å². The zero-order chi connectivity index (χ0) is 31.4. The van der Waals surface area contributed by atoms with Gasteiger partial charge in [0.2, 0.25) is 0 Å². The van der Waals surface area contributed by atoms with Crippen molar-refractivity contribution in [2.24, 2.45) is 0 Å². The molecule has 0 amide bonds. The van der Waals surface area contributed by atoms with E-state index < -0.39 is 47.9 Å². The van der Waals surface area contributed by atoms with E-state index in [0.717, 1.165) is 16.8 Å². The van der Waals surface area contributed by atoms with Gasteiger partial charge in [0.15, 0.2) is 17.2 Å². The number of para-hydroxylation sites is 1.